The van der Waals surface area contributed by atoms with Gasteiger partial charge in [0.1, 0.15) is 17.2 Å². The number of piperidine rings is 1. The molecule has 1 aromatic rings. The molecule has 5 nitrogen and oxygen atoms in total. The first-order valence-corrected chi connectivity index (χ1v) is 12.9. The highest BCUT2D eigenvalue weighted by Crippen LogP contribution is 2.41. The van der Waals surface area contributed by atoms with Gasteiger partial charge in [-0.2, -0.15) is 4.99 Å². The van der Waals surface area contributed by atoms with E-state index in [1.807, 2.05) is 6.07 Å². The van der Waals surface area contributed by atoms with E-state index < -0.39 is 5.54 Å². The highest BCUT2D eigenvalue weighted by Gasteiger charge is 2.53. The predicted octanol–water partition coefficient (Wildman–Crippen LogP) is 5.81. The Balaban J connectivity index is 1.42. The second-order valence-electron chi connectivity index (χ2n) is 10.5. The van der Waals surface area contributed by atoms with Crippen LogP contribution in [-0.2, 0) is 0 Å². The lowest BCUT2D eigenvalue weighted by Crippen LogP contribution is -2.64. The van der Waals surface area contributed by atoms with Crippen LogP contribution in [0.4, 0.5) is 14.9 Å². The third-order valence-electron chi connectivity index (χ3n) is 8.14. The number of carbonyl (C=O) groups is 1. The summed E-state index contributed by atoms with van der Waals surface area (Å²) in [5.41, 5.74) is 1.64. The monoisotopic (exact) mass is 452 g/mol. The first-order valence-electron chi connectivity index (χ1n) is 12.9. The third-order valence-corrected chi connectivity index (χ3v) is 8.14. The van der Waals surface area contributed by atoms with E-state index in [2.05, 4.69) is 28.2 Å². The zero-order valence-corrected chi connectivity index (χ0v) is 19.9. The van der Waals surface area contributed by atoms with Crippen LogP contribution in [0.3, 0.4) is 0 Å². The molecule has 178 valence electrons. The van der Waals surface area contributed by atoms with Gasteiger partial charge in [0.15, 0.2) is 0 Å². The number of hydrogen-bond acceptors (Lipinski definition) is 3. The predicted molar refractivity (Wildman–Crippen MR) is 131 cm³/mol. The Kier molecular flexibility index (Phi) is 6.55. The fourth-order valence-corrected chi connectivity index (χ4v) is 6.35. The van der Waals surface area contributed by atoms with E-state index in [0.717, 1.165) is 44.6 Å². The molecule has 5 rings (SSSR count). The summed E-state index contributed by atoms with van der Waals surface area (Å²) in [7, 11) is 0. The average molecular weight is 453 g/mol. The molecule has 4 aliphatic rings. The molecule has 6 heteroatoms. The molecular formula is C27H37FN4O. The number of anilines is 1. The lowest BCUT2D eigenvalue weighted by atomic mass is 9.80. The fraction of sp³-hybridized carbons (Fsp3) is 0.630. The van der Waals surface area contributed by atoms with E-state index >= 15 is 0 Å². The number of carbonyl (C=O) groups excluding carboxylic acids is 1. The minimum atomic E-state index is -0.529. The van der Waals surface area contributed by atoms with Gasteiger partial charge in [0.2, 0.25) is 0 Å². The molecule has 2 aliphatic carbocycles. The molecule has 1 spiro atoms. The van der Waals surface area contributed by atoms with Crippen LogP contribution in [-0.4, -0.2) is 47.5 Å². The summed E-state index contributed by atoms with van der Waals surface area (Å²) in [6.45, 7) is 4.20. The van der Waals surface area contributed by atoms with Crippen LogP contribution in [0.5, 0.6) is 0 Å². The molecule has 0 radical (unpaired) electrons. The van der Waals surface area contributed by atoms with Crippen molar-refractivity contribution in [2.24, 2.45) is 4.99 Å². The summed E-state index contributed by atoms with van der Waals surface area (Å²) >= 11 is 0. The standard InChI is InChI=1S/C27H37FN4O/c1-20-18-27(15-16-31(20)19-21-9-4-2-5-10-21)25(29-23-12-6-3-7-13-23)30-26(33)32(27)24-14-8-11-22(28)17-24/h8-9,11,14,17,20,23H,2-7,10,12-13,15-16,18-19H2,1H3,(H,29,30,33)/t20-,27+/m0/s1. The number of urea groups is 1. The number of nitrogens with one attached hydrogen (secondary N) is 1. The van der Waals surface area contributed by atoms with Crippen molar-refractivity contribution in [2.45, 2.75) is 95.2 Å². The topological polar surface area (TPSA) is 47.9 Å². The summed E-state index contributed by atoms with van der Waals surface area (Å²) in [6, 6.07) is 6.84. The van der Waals surface area contributed by atoms with Gasteiger partial charge in [0.05, 0.1) is 0 Å². The maximum Gasteiger partial charge on any atom is 0.350 e. The number of allylic oxidation sites excluding steroid dienone is 1. The lowest BCUT2D eigenvalue weighted by Gasteiger charge is -2.49. The van der Waals surface area contributed by atoms with Crippen molar-refractivity contribution < 1.29 is 9.18 Å². The molecule has 2 fully saturated rings. The second kappa shape index (κ2) is 9.57. The Morgan fingerprint density at radius 1 is 1.18 bits per heavy atom. The fourth-order valence-electron chi connectivity index (χ4n) is 6.35. The van der Waals surface area contributed by atoms with E-state index in [4.69, 9.17) is 0 Å². The van der Waals surface area contributed by atoms with Crippen LogP contribution < -0.4 is 10.2 Å². The van der Waals surface area contributed by atoms with Crippen LogP contribution >= 0.6 is 0 Å². The van der Waals surface area contributed by atoms with Crippen molar-refractivity contribution in [3.63, 3.8) is 0 Å². The van der Waals surface area contributed by atoms with Gasteiger partial charge in [-0.25, -0.2) is 9.18 Å². The maximum absolute atomic E-state index is 14.2. The second-order valence-corrected chi connectivity index (χ2v) is 10.5. The van der Waals surface area contributed by atoms with Crippen molar-refractivity contribution in [1.29, 1.82) is 0 Å². The highest BCUT2D eigenvalue weighted by molar-refractivity contribution is 6.16. The largest absolute Gasteiger partial charge is 0.369 e. The molecule has 1 aromatic carbocycles. The zero-order chi connectivity index (χ0) is 22.8. The Hall–Kier alpha value is -2.21. The number of amidine groups is 1. The molecule has 0 bridgehead atoms. The number of hydrogen-bond donors (Lipinski definition) is 1. The Bertz CT molecular complexity index is 938. The molecule has 2 heterocycles. The average Bonchev–Trinajstić information content (AvgIpc) is 3.07. The van der Waals surface area contributed by atoms with Gasteiger partial charge in [-0.1, -0.05) is 37.0 Å². The molecule has 33 heavy (non-hydrogen) atoms. The van der Waals surface area contributed by atoms with E-state index in [1.54, 1.807) is 16.5 Å². The summed E-state index contributed by atoms with van der Waals surface area (Å²) in [6.07, 6.45) is 15.0. The minimum Gasteiger partial charge on any atom is -0.369 e. The molecule has 0 unspecified atom stereocenters. The van der Waals surface area contributed by atoms with Gasteiger partial charge >= 0.3 is 6.03 Å². The van der Waals surface area contributed by atoms with Crippen molar-refractivity contribution >= 4 is 17.6 Å². The Labute approximate surface area is 197 Å². The smallest absolute Gasteiger partial charge is 0.350 e. The normalized spacial score (nSPS) is 29.3. The van der Waals surface area contributed by atoms with Gasteiger partial charge < -0.3 is 5.32 Å². The molecule has 0 aromatic heterocycles. The molecule has 2 atom stereocenters. The van der Waals surface area contributed by atoms with E-state index in [9.17, 15) is 9.18 Å². The Morgan fingerprint density at radius 3 is 2.76 bits per heavy atom. The quantitative estimate of drug-likeness (QED) is 0.587. The van der Waals surface area contributed by atoms with Crippen molar-refractivity contribution in [3.8, 4) is 0 Å². The first-order chi connectivity index (χ1) is 16.0. The van der Waals surface area contributed by atoms with Crippen LogP contribution in [0.15, 0.2) is 40.9 Å². The minimum absolute atomic E-state index is 0.269. The summed E-state index contributed by atoms with van der Waals surface area (Å²) < 4.78 is 14.2. The summed E-state index contributed by atoms with van der Waals surface area (Å²) in [5.74, 6) is 0.492. The molecule has 2 aliphatic heterocycles. The van der Waals surface area contributed by atoms with Crippen LogP contribution in [0.25, 0.3) is 0 Å². The van der Waals surface area contributed by atoms with Crippen molar-refractivity contribution in [3.05, 3.63) is 41.7 Å². The van der Waals surface area contributed by atoms with Gasteiger partial charge in [0, 0.05) is 30.9 Å². The third kappa shape index (κ3) is 4.59. The van der Waals surface area contributed by atoms with Gasteiger partial charge in [-0.3, -0.25) is 9.80 Å². The first kappa shape index (κ1) is 22.6. The van der Waals surface area contributed by atoms with Crippen molar-refractivity contribution in [1.82, 2.24) is 10.2 Å². The number of halogens is 1. The van der Waals surface area contributed by atoms with E-state index in [0.29, 0.717) is 17.8 Å². The number of likely N-dealkylation sites (tertiary alicyclic amines) is 1. The molecule has 1 saturated heterocycles. The molecule has 2 amide bonds. The maximum atomic E-state index is 14.2. The van der Waals surface area contributed by atoms with Crippen LogP contribution in [0, 0.1) is 5.82 Å². The van der Waals surface area contributed by atoms with E-state index in [1.165, 1.54) is 57.1 Å². The van der Waals surface area contributed by atoms with Crippen LogP contribution in [0.2, 0.25) is 0 Å². The SMILES string of the molecule is C[C@H]1C[C@]2(CCN1CC1=CCCCC1)C(NC1CCCCC1)=NC(=O)N2c1cccc(F)c1. The summed E-state index contributed by atoms with van der Waals surface area (Å²) in [5, 5.41) is 3.70. The lowest BCUT2D eigenvalue weighted by molar-refractivity contribution is 0.138. The Morgan fingerprint density at radius 2 is 2.03 bits per heavy atom. The van der Waals surface area contributed by atoms with Gasteiger partial charge in [-0.05, 0) is 76.5 Å². The van der Waals surface area contributed by atoms with Gasteiger partial charge in [-0.15, -0.1) is 0 Å². The molecular weight excluding hydrogens is 415 g/mol. The molecule has 1 N–H and O–H groups in total. The number of nitrogens with zero attached hydrogens (tertiary/aromatic N) is 3. The number of rotatable bonds is 4. The zero-order valence-electron chi connectivity index (χ0n) is 19.9. The van der Waals surface area contributed by atoms with Crippen molar-refractivity contribution in [2.75, 3.05) is 18.0 Å². The van der Waals surface area contributed by atoms with Gasteiger partial charge in [0.25, 0.3) is 0 Å². The molecule has 1 saturated carbocycles. The summed E-state index contributed by atoms with van der Waals surface area (Å²) in [4.78, 5) is 22.2. The number of amides is 2. The number of aliphatic imine (C=N–C) groups is 1. The van der Waals surface area contributed by atoms with Crippen LogP contribution in [0.1, 0.15) is 77.6 Å². The number of benzene rings is 1. The highest BCUT2D eigenvalue weighted by atomic mass is 19.1. The van der Waals surface area contributed by atoms with E-state index in [-0.39, 0.29) is 11.8 Å².